The van der Waals surface area contributed by atoms with E-state index in [1.165, 1.54) is 0 Å². The minimum absolute atomic E-state index is 0.304. The van der Waals surface area contributed by atoms with Crippen molar-refractivity contribution in [1.82, 2.24) is 0 Å². The summed E-state index contributed by atoms with van der Waals surface area (Å²) in [6.45, 7) is 4.38. The highest BCUT2D eigenvalue weighted by Crippen LogP contribution is 2.21. The van der Waals surface area contributed by atoms with Crippen molar-refractivity contribution in [2.75, 3.05) is 6.61 Å². The number of benzene rings is 1. The van der Waals surface area contributed by atoms with Crippen LogP contribution in [0.15, 0.2) is 18.2 Å². The minimum Gasteiger partial charge on any atom is -0.493 e. The van der Waals surface area contributed by atoms with E-state index in [4.69, 9.17) is 9.84 Å². The lowest BCUT2D eigenvalue weighted by Crippen LogP contribution is -2.03. The highest BCUT2D eigenvalue weighted by molar-refractivity contribution is 5.90. The summed E-state index contributed by atoms with van der Waals surface area (Å²) in [4.78, 5) is 10.8. The minimum atomic E-state index is -0.913. The van der Waals surface area contributed by atoms with Crippen LogP contribution in [0.3, 0.4) is 0 Å². The van der Waals surface area contributed by atoms with Crippen LogP contribution >= 0.6 is 0 Å². The SMILES string of the molecule is CCCOc1cccc(C(=O)O)c1C. The molecule has 0 saturated heterocycles. The number of carbonyl (C=O) groups is 1. The Morgan fingerprint density at radius 2 is 2.21 bits per heavy atom. The molecule has 0 aliphatic rings. The third-order valence-electron chi connectivity index (χ3n) is 1.98. The molecule has 0 spiro atoms. The number of ether oxygens (including phenoxy) is 1. The van der Waals surface area contributed by atoms with Crippen LogP contribution in [0.2, 0.25) is 0 Å². The van der Waals surface area contributed by atoms with Crippen molar-refractivity contribution >= 4 is 5.97 Å². The number of aromatic carboxylic acids is 1. The van der Waals surface area contributed by atoms with Crippen molar-refractivity contribution in [2.24, 2.45) is 0 Å². The molecule has 0 fully saturated rings. The third kappa shape index (κ3) is 2.25. The Balaban J connectivity index is 2.95. The van der Waals surface area contributed by atoms with E-state index in [0.29, 0.717) is 23.5 Å². The first-order valence-electron chi connectivity index (χ1n) is 4.62. The van der Waals surface area contributed by atoms with Crippen molar-refractivity contribution in [3.05, 3.63) is 29.3 Å². The largest absolute Gasteiger partial charge is 0.493 e. The fraction of sp³-hybridized carbons (Fsp3) is 0.364. The molecule has 1 aromatic carbocycles. The molecule has 0 aliphatic heterocycles. The van der Waals surface area contributed by atoms with Gasteiger partial charge in [-0.3, -0.25) is 0 Å². The lowest BCUT2D eigenvalue weighted by molar-refractivity contribution is 0.0695. The quantitative estimate of drug-likeness (QED) is 0.800. The van der Waals surface area contributed by atoms with Gasteiger partial charge < -0.3 is 9.84 Å². The topological polar surface area (TPSA) is 46.5 Å². The zero-order valence-corrected chi connectivity index (χ0v) is 8.41. The van der Waals surface area contributed by atoms with E-state index in [1.54, 1.807) is 25.1 Å². The molecule has 0 aromatic heterocycles. The number of hydrogen-bond donors (Lipinski definition) is 1. The van der Waals surface area contributed by atoms with Gasteiger partial charge in [-0.15, -0.1) is 0 Å². The molecule has 0 aliphatic carbocycles. The normalized spacial score (nSPS) is 9.86. The molecule has 3 nitrogen and oxygen atoms in total. The van der Waals surface area contributed by atoms with E-state index >= 15 is 0 Å². The lowest BCUT2D eigenvalue weighted by Gasteiger charge is -2.09. The highest BCUT2D eigenvalue weighted by atomic mass is 16.5. The molecule has 1 rings (SSSR count). The summed E-state index contributed by atoms with van der Waals surface area (Å²) in [6, 6.07) is 5.06. The van der Waals surface area contributed by atoms with E-state index in [-0.39, 0.29) is 0 Å². The van der Waals surface area contributed by atoms with Crippen molar-refractivity contribution in [2.45, 2.75) is 20.3 Å². The fourth-order valence-corrected chi connectivity index (χ4v) is 1.21. The second-order valence-corrected chi connectivity index (χ2v) is 3.08. The first kappa shape index (κ1) is 10.6. The maximum absolute atomic E-state index is 10.8. The van der Waals surface area contributed by atoms with Crippen LogP contribution in [-0.4, -0.2) is 17.7 Å². The summed E-state index contributed by atoms with van der Waals surface area (Å²) in [5, 5.41) is 8.86. The van der Waals surface area contributed by atoms with Crippen molar-refractivity contribution in [1.29, 1.82) is 0 Å². The van der Waals surface area contributed by atoms with Crippen LogP contribution in [0.4, 0.5) is 0 Å². The predicted molar refractivity (Wildman–Crippen MR) is 53.9 cm³/mol. The van der Waals surface area contributed by atoms with E-state index in [1.807, 2.05) is 6.92 Å². The standard InChI is InChI=1S/C11H14O3/c1-3-7-14-10-6-4-5-9(8(10)2)11(12)13/h4-6H,3,7H2,1-2H3,(H,12,13). The molecule has 0 bridgehead atoms. The number of rotatable bonds is 4. The fourth-order valence-electron chi connectivity index (χ4n) is 1.21. The van der Waals surface area contributed by atoms with Gasteiger partial charge in [-0.1, -0.05) is 13.0 Å². The molecule has 0 unspecified atom stereocenters. The van der Waals surface area contributed by atoms with Gasteiger partial charge in [0.1, 0.15) is 5.75 Å². The molecule has 3 heteroatoms. The Morgan fingerprint density at radius 3 is 2.79 bits per heavy atom. The van der Waals surface area contributed by atoms with Crippen LogP contribution in [0, 0.1) is 6.92 Å². The van der Waals surface area contributed by atoms with Gasteiger partial charge in [0, 0.05) is 5.56 Å². The van der Waals surface area contributed by atoms with Crippen LogP contribution in [-0.2, 0) is 0 Å². The first-order valence-corrected chi connectivity index (χ1v) is 4.62. The Morgan fingerprint density at radius 1 is 1.50 bits per heavy atom. The molecule has 1 N–H and O–H groups in total. The predicted octanol–water partition coefficient (Wildman–Crippen LogP) is 2.48. The van der Waals surface area contributed by atoms with E-state index < -0.39 is 5.97 Å². The molecular formula is C11H14O3. The van der Waals surface area contributed by atoms with Gasteiger partial charge >= 0.3 is 5.97 Å². The van der Waals surface area contributed by atoms with Gasteiger partial charge in [-0.25, -0.2) is 4.79 Å². The Hall–Kier alpha value is -1.51. The average Bonchev–Trinajstić information content (AvgIpc) is 2.16. The molecule has 14 heavy (non-hydrogen) atoms. The summed E-state index contributed by atoms with van der Waals surface area (Å²) < 4.78 is 5.41. The summed E-state index contributed by atoms with van der Waals surface area (Å²) in [7, 11) is 0. The van der Waals surface area contributed by atoms with Crippen LogP contribution in [0.1, 0.15) is 29.3 Å². The zero-order chi connectivity index (χ0) is 10.6. The van der Waals surface area contributed by atoms with Crippen LogP contribution in [0.5, 0.6) is 5.75 Å². The van der Waals surface area contributed by atoms with Gasteiger partial charge in [0.05, 0.1) is 12.2 Å². The van der Waals surface area contributed by atoms with Gasteiger partial charge in [0.25, 0.3) is 0 Å². The average molecular weight is 194 g/mol. The maximum atomic E-state index is 10.8. The Labute approximate surface area is 83.3 Å². The Bertz CT molecular complexity index is 331. The smallest absolute Gasteiger partial charge is 0.336 e. The molecule has 0 radical (unpaired) electrons. The number of hydrogen-bond acceptors (Lipinski definition) is 2. The van der Waals surface area contributed by atoms with Gasteiger partial charge in [-0.2, -0.15) is 0 Å². The molecule has 1 aromatic rings. The Kier molecular flexibility index (Phi) is 3.51. The number of carboxylic acids is 1. The van der Waals surface area contributed by atoms with E-state index in [0.717, 1.165) is 6.42 Å². The molecule has 0 atom stereocenters. The van der Waals surface area contributed by atoms with Crippen molar-refractivity contribution < 1.29 is 14.6 Å². The highest BCUT2D eigenvalue weighted by Gasteiger charge is 2.10. The maximum Gasteiger partial charge on any atom is 0.336 e. The summed E-state index contributed by atoms with van der Waals surface area (Å²) in [5.74, 6) is -0.254. The van der Waals surface area contributed by atoms with Gasteiger partial charge in [-0.05, 0) is 25.5 Å². The number of carboxylic acid groups (broad SMARTS) is 1. The molecular weight excluding hydrogens is 180 g/mol. The van der Waals surface area contributed by atoms with Gasteiger partial charge in [0.2, 0.25) is 0 Å². The van der Waals surface area contributed by atoms with Crippen molar-refractivity contribution in [3.63, 3.8) is 0 Å². The first-order chi connectivity index (χ1) is 6.66. The van der Waals surface area contributed by atoms with Crippen molar-refractivity contribution in [3.8, 4) is 5.75 Å². The second-order valence-electron chi connectivity index (χ2n) is 3.08. The van der Waals surface area contributed by atoms with Gasteiger partial charge in [0.15, 0.2) is 0 Å². The van der Waals surface area contributed by atoms with Crippen LogP contribution in [0.25, 0.3) is 0 Å². The molecule has 0 amide bonds. The van der Waals surface area contributed by atoms with E-state index in [9.17, 15) is 4.79 Å². The van der Waals surface area contributed by atoms with E-state index in [2.05, 4.69) is 0 Å². The zero-order valence-electron chi connectivity index (χ0n) is 8.41. The third-order valence-corrected chi connectivity index (χ3v) is 1.98. The second kappa shape index (κ2) is 4.65. The van der Waals surface area contributed by atoms with Crippen LogP contribution < -0.4 is 4.74 Å². The lowest BCUT2D eigenvalue weighted by atomic mass is 10.1. The molecule has 0 heterocycles. The summed E-state index contributed by atoms with van der Waals surface area (Å²) >= 11 is 0. The monoisotopic (exact) mass is 194 g/mol. The molecule has 76 valence electrons. The molecule has 0 saturated carbocycles. The summed E-state index contributed by atoms with van der Waals surface area (Å²) in [6.07, 6.45) is 0.913. The summed E-state index contributed by atoms with van der Waals surface area (Å²) in [5.41, 5.74) is 0.993.